The van der Waals surface area contributed by atoms with Crippen LogP contribution < -0.4 is 40.6 Å². The topological polar surface area (TPSA) is 228 Å². The fraction of sp³-hybridized carbons (Fsp3) is 0.429. The SMILES string of the molecule is COC(=O)C1C(NC(=O)C(=NOC(C)(C)C(=O)O)c2csc(N)n2)C(=O)N1S(=O)(=O)O.[H-].[Na+]. The van der Waals surface area contributed by atoms with Gasteiger partial charge in [0.2, 0.25) is 5.60 Å². The average Bonchev–Trinajstić information content (AvgIpc) is 3.07. The third kappa shape index (κ3) is 5.73. The zero-order chi connectivity index (χ0) is 23.7. The van der Waals surface area contributed by atoms with E-state index in [1.54, 1.807) is 0 Å². The molecule has 0 saturated carbocycles. The van der Waals surface area contributed by atoms with Crippen molar-refractivity contribution in [2.75, 3.05) is 12.8 Å². The number of ether oxygens (including phenoxy) is 1. The number of carbonyl (C=O) groups excluding carboxylic acids is 3. The molecule has 1 saturated heterocycles. The van der Waals surface area contributed by atoms with Crippen molar-refractivity contribution >= 4 is 56.2 Å². The van der Waals surface area contributed by atoms with Gasteiger partial charge in [-0.3, -0.25) is 14.1 Å². The molecule has 2 heterocycles. The minimum absolute atomic E-state index is 0. The molecule has 0 aliphatic carbocycles. The minimum Gasteiger partial charge on any atom is -1.00 e. The normalized spacial score (nSPS) is 18.8. The van der Waals surface area contributed by atoms with Gasteiger partial charge in [-0.2, -0.15) is 12.7 Å². The summed E-state index contributed by atoms with van der Waals surface area (Å²) < 4.78 is 36.0. The van der Waals surface area contributed by atoms with Gasteiger partial charge < -0.3 is 27.2 Å². The van der Waals surface area contributed by atoms with Crippen LogP contribution in [0.1, 0.15) is 21.0 Å². The van der Waals surface area contributed by atoms with Crippen LogP contribution >= 0.6 is 11.3 Å². The number of amides is 2. The van der Waals surface area contributed by atoms with Crippen LogP contribution in [0.4, 0.5) is 5.13 Å². The number of aromatic nitrogens is 1. The van der Waals surface area contributed by atoms with Gasteiger partial charge in [0, 0.05) is 5.38 Å². The molecule has 1 aliphatic heterocycles. The maximum Gasteiger partial charge on any atom is 1.00 e. The van der Waals surface area contributed by atoms with E-state index >= 15 is 0 Å². The Morgan fingerprint density at radius 1 is 1.41 bits per heavy atom. The van der Waals surface area contributed by atoms with Crippen LogP contribution in [-0.2, 0) is 39.1 Å². The Kier molecular flexibility index (Phi) is 8.74. The summed E-state index contributed by atoms with van der Waals surface area (Å²) in [4.78, 5) is 56.6. The van der Waals surface area contributed by atoms with E-state index in [4.69, 9.17) is 20.2 Å². The number of nitrogen functional groups attached to an aromatic ring is 1. The summed E-state index contributed by atoms with van der Waals surface area (Å²) in [5.41, 5.74) is 2.92. The second kappa shape index (κ2) is 10.1. The number of anilines is 1. The Balaban J connectivity index is 0.00000512. The first kappa shape index (κ1) is 27.7. The molecule has 1 aliphatic rings. The fourth-order valence-corrected chi connectivity index (χ4v) is 3.61. The number of hydrogen-bond donors (Lipinski definition) is 4. The number of carbonyl (C=O) groups is 4. The van der Waals surface area contributed by atoms with Crippen molar-refractivity contribution in [3.8, 4) is 0 Å². The van der Waals surface area contributed by atoms with E-state index in [1.165, 1.54) is 5.38 Å². The molecule has 5 N–H and O–H groups in total. The predicted molar refractivity (Wildman–Crippen MR) is 103 cm³/mol. The van der Waals surface area contributed by atoms with E-state index in [9.17, 15) is 27.6 Å². The molecule has 0 bridgehead atoms. The maximum absolute atomic E-state index is 12.7. The Morgan fingerprint density at radius 3 is 2.44 bits per heavy atom. The predicted octanol–water partition coefficient (Wildman–Crippen LogP) is -4.90. The molecular formula is C14H18N5NaO10S2. The summed E-state index contributed by atoms with van der Waals surface area (Å²) in [7, 11) is -4.21. The van der Waals surface area contributed by atoms with Crippen molar-refractivity contribution in [1.29, 1.82) is 0 Å². The molecule has 0 radical (unpaired) electrons. The second-order valence-corrected chi connectivity index (χ2v) is 8.63. The smallest absolute Gasteiger partial charge is 1.00 e. The molecule has 2 unspecified atom stereocenters. The van der Waals surface area contributed by atoms with Gasteiger partial charge in [-0.1, -0.05) is 5.16 Å². The van der Waals surface area contributed by atoms with Crippen LogP contribution in [-0.4, -0.2) is 81.6 Å². The third-order valence-electron chi connectivity index (χ3n) is 3.89. The molecule has 0 aromatic carbocycles. The van der Waals surface area contributed by atoms with Crippen LogP contribution in [0.25, 0.3) is 0 Å². The molecule has 1 aromatic rings. The molecule has 32 heavy (non-hydrogen) atoms. The molecular weight excluding hydrogens is 485 g/mol. The van der Waals surface area contributed by atoms with Gasteiger partial charge >= 0.3 is 51.8 Å². The Hall–Kier alpha value is -2.31. The average molecular weight is 503 g/mol. The number of oxime groups is 1. The molecule has 172 valence electrons. The first-order chi connectivity index (χ1) is 14.2. The van der Waals surface area contributed by atoms with Crippen LogP contribution in [0.15, 0.2) is 10.5 Å². The summed E-state index contributed by atoms with van der Waals surface area (Å²) in [5.74, 6) is -5.14. The standard InChI is InChI=1S/C14H17N5O10S2.Na.H/c1-14(2,12(23)24)29-18-6(5-4-30-13(15)16-5)9(20)17-7-8(11(22)28-3)19(10(7)21)31(25,26)27;;/h4,7-8H,1-3H3,(H2,15,16)(H,17,20)(H,23,24)(H,25,26,27);;/q;+1;-1. The monoisotopic (exact) mass is 503 g/mol. The van der Waals surface area contributed by atoms with Gasteiger partial charge in [-0.25, -0.2) is 14.6 Å². The summed E-state index contributed by atoms with van der Waals surface area (Å²) in [6, 6.07) is -3.62. The van der Waals surface area contributed by atoms with Crippen LogP contribution in [0.2, 0.25) is 0 Å². The van der Waals surface area contributed by atoms with Crippen molar-refractivity contribution < 1.29 is 77.8 Å². The molecule has 15 nitrogen and oxygen atoms in total. The maximum atomic E-state index is 12.7. The molecule has 18 heteroatoms. The number of nitrogens with two attached hydrogens (primary N) is 1. The molecule has 2 atom stereocenters. The van der Waals surface area contributed by atoms with Crippen LogP contribution in [0.5, 0.6) is 0 Å². The summed E-state index contributed by atoms with van der Waals surface area (Å²) in [6.07, 6.45) is 0. The minimum atomic E-state index is -5.11. The Bertz CT molecular complexity index is 1080. The largest absolute Gasteiger partial charge is 1.00 e. The number of thiazole rings is 1. The molecule has 2 amide bonds. The van der Waals surface area contributed by atoms with E-state index < -0.39 is 57.5 Å². The van der Waals surface area contributed by atoms with E-state index in [2.05, 4.69) is 20.2 Å². The van der Waals surface area contributed by atoms with Gasteiger partial charge in [0.1, 0.15) is 11.7 Å². The van der Waals surface area contributed by atoms with E-state index in [-0.39, 0.29) is 46.1 Å². The van der Waals surface area contributed by atoms with Gasteiger partial charge in [-0.15, -0.1) is 11.3 Å². The molecule has 0 spiro atoms. The number of carboxylic acids is 1. The number of aliphatic carboxylic acids is 1. The number of methoxy groups -OCH3 is 1. The molecule has 1 aromatic heterocycles. The zero-order valence-corrected chi connectivity index (χ0v) is 20.8. The first-order valence-electron chi connectivity index (χ1n) is 8.11. The molecule has 2 rings (SSSR count). The van der Waals surface area contributed by atoms with Crippen LogP contribution in [0.3, 0.4) is 0 Å². The van der Waals surface area contributed by atoms with Gasteiger partial charge in [-0.05, 0) is 13.8 Å². The Labute approximate surface area is 208 Å². The number of esters is 1. The number of nitrogens with one attached hydrogen (secondary N) is 1. The number of β-lactam (4-membered cyclic amide) rings is 1. The van der Waals surface area contributed by atoms with E-state index in [1.807, 2.05) is 0 Å². The van der Waals surface area contributed by atoms with Gasteiger partial charge in [0.15, 0.2) is 16.9 Å². The van der Waals surface area contributed by atoms with Crippen molar-refractivity contribution in [2.45, 2.75) is 31.5 Å². The summed E-state index contributed by atoms with van der Waals surface area (Å²) in [6.45, 7) is 2.30. The number of carboxylic acid groups (broad SMARTS) is 1. The van der Waals surface area contributed by atoms with Gasteiger partial charge in [0.05, 0.1) is 7.11 Å². The number of rotatable bonds is 8. The number of nitrogens with zero attached hydrogens (tertiary/aromatic N) is 3. The summed E-state index contributed by atoms with van der Waals surface area (Å²) in [5, 5.41) is 16.0. The Morgan fingerprint density at radius 2 is 2.00 bits per heavy atom. The summed E-state index contributed by atoms with van der Waals surface area (Å²) >= 11 is 0.914. The molecule has 1 fully saturated rings. The first-order valence-corrected chi connectivity index (χ1v) is 10.4. The quantitative estimate of drug-likeness (QED) is 0.0653. The third-order valence-corrected chi connectivity index (χ3v) is 5.47. The number of hydrogen-bond acceptors (Lipinski definition) is 12. The van der Waals surface area contributed by atoms with E-state index in [0.29, 0.717) is 0 Å². The fourth-order valence-electron chi connectivity index (χ4n) is 2.22. The van der Waals surface area contributed by atoms with E-state index in [0.717, 1.165) is 32.3 Å². The van der Waals surface area contributed by atoms with Crippen molar-refractivity contribution in [2.24, 2.45) is 5.16 Å². The van der Waals surface area contributed by atoms with Crippen LogP contribution in [0, 0.1) is 0 Å². The zero-order valence-electron chi connectivity index (χ0n) is 18.1. The second-order valence-electron chi connectivity index (χ2n) is 6.45. The van der Waals surface area contributed by atoms with Crippen molar-refractivity contribution in [3.05, 3.63) is 11.1 Å². The van der Waals surface area contributed by atoms with Crippen molar-refractivity contribution in [1.82, 2.24) is 14.6 Å². The van der Waals surface area contributed by atoms with Crippen molar-refractivity contribution in [3.63, 3.8) is 0 Å². The van der Waals surface area contributed by atoms with Gasteiger partial charge in [0.25, 0.3) is 11.8 Å².